The molecule has 0 saturated carbocycles. The summed E-state index contributed by atoms with van der Waals surface area (Å²) in [7, 11) is 0. The number of nitrogens with zero attached hydrogens (tertiary/aromatic N) is 4. The lowest BCUT2D eigenvalue weighted by Crippen LogP contribution is -2.23. The molecule has 1 unspecified atom stereocenters. The van der Waals surface area contributed by atoms with Crippen LogP contribution in [0.1, 0.15) is 31.7 Å². The Bertz CT molecular complexity index is 627. The third-order valence-corrected chi connectivity index (χ3v) is 3.45. The second-order valence-corrected chi connectivity index (χ2v) is 5.16. The molecular weight excluding hydrogens is 319 g/mol. The first-order valence-electron chi connectivity index (χ1n) is 6.70. The number of nitrogens with one attached hydrogen (secondary N) is 1. The van der Waals surface area contributed by atoms with Gasteiger partial charge in [0.25, 0.3) is 5.95 Å². The highest BCUT2D eigenvalue weighted by atomic mass is 35.5. The highest BCUT2D eigenvalue weighted by Crippen LogP contribution is 2.32. The van der Waals surface area contributed by atoms with Gasteiger partial charge in [-0.2, -0.15) is 28.2 Å². The number of hydrogen-bond acceptors (Lipinski definition) is 4. The van der Waals surface area contributed by atoms with Crippen molar-refractivity contribution in [3.63, 3.8) is 0 Å². The third-order valence-electron chi connectivity index (χ3n) is 3.16. The van der Waals surface area contributed by atoms with E-state index in [0.29, 0.717) is 12.0 Å². The predicted octanol–water partition coefficient (Wildman–Crippen LogP) is 3.80. The highest BCUT2D eigenvalue weighted by molar-refractivity contribution is 6.30. The molecule has 0 amide bonds. The fraction of sp³-hybridized carbons (Fsp3) is 0.462. The first-order valence-corrected chi connectivity index (χ1v) is 7.07. The van der Waals surface area contributed by atoms with Crippen LogP contribution in [0.4, 0.5) is 19.0 Å². The molecule has 0 bridgehead atoms. The zero-order valence-corrected chi connectivity index (χ0v) is 12.8. The number of aromatic nitrogens is 4. The van der Waals surface area contributed by atoms with Crippen LogP contribution in [0.15, 0.2) is 18.5 Å². The van der Waals surface area contributed by atoms with Gasteiger partial charge in [0.2, 0.25) is 0 Å². The van der Waals surface area contributed by atoms with E-state index < -0.39 is 12.7 Å². The molecule has 0 spiro atoms. The van der Waals surface area contributed by atoms with E-state index in [1.807, 2.05) is 13.8 Å². The zero-order chi connectivity index (χ0) is 16.3. The van der Waals surface area contributed by atoms with Crippen LogP contribution < -0.4 is 5.32 Å². The minimum atomic E-state index is -4.35. The Hall–Kier alpha value is -1.83. The molecule has 2 aromatic heterocycles. The summed E-state index contributed by atoms with van der Waals surface area (Å²) in [6.07, 6.45) is -0.550. The molecule has 0 fully saturated rings. The second kappa shape index (κ2) is 6.51. The van der Waals surface area contributed by atoms with Crippen molar-refractivity contribution in [3.05, 3.63) is 29.2 Å². The summed E-state index contributed by atoms with van der Waals surface area (Å²) in [6, 6.07) is 1.66. The quantitative estimate of drug-likeness (QED) is 0.845. The second-order valence-electron chi connectivity index (χ2n) is 4.81. The van der Waals surface area contributed by atoms with Gasteiger partial charge in [-0.05, 0) is 18.4 Å². The van der Waals surface area contributed by atoms with Crippen LogP contribution in [0.3, 0.4) is 0 Å². The number of anilines is 1. The standard InChI is InChI=1S/C13H15ClF3N5/c1-3-8(2)9-10(14)20-12(22-6-4-5-19-22)21-11(9)18-7-13(15,16)17/h4-6,8H,3,7H2,1-2H3,(H,18,20,21). The summed E-state index contributed by atoms with van der Waals surface area (Å²) in [6.45, 7) is 2.58. The topological polar surface area (TPSA) is 55.6 Å². The molecule has 1 atom stereocenters. The Labute approximate surface area is 130 Å². The Morgan fingerprint density at radius 2 is 2.09 bits per heavy atom. The monoisotopic (exact) mass is 333 g/mol. The molecule has 0 aromatic carbocycles. The van der Waals surface area contributed by atoms with Gasteiger partial charge in [-0.3, -0.25) is 0 Å². The molecule has 22 heavy (non-hydrogen) atoms. The Balaban J connectivity index is 2.45. The van der Waals surface area contributed by atoms with E-state index in [1.54, 1.807) is 12.3 Å². The van der Waals surface area contributed by atoms with Crippen molar-refractivity contribution in [1.29, 1.82) is 0 Å². The minimum absolute atomic E-state index is 0.0742. The van der Waals surface area contributed by atoms with Crippen molar-refractivity contribution >= 4 is 17.4 Å². The molecule has 5 nitrogen and oxygen atoms in total. The number of hydrogen-bond donors (Lipinski definition) is 1. The Morgan fingerprint density at radius 3 is 2.64 bits per heavy atom. The maximum absolute atomic E-state index is 12.5. The molecule has 0 aliphatic heterocycles. The van der Waals surface area contributed by atoms with E-state index in [4.69, 9.17) is 11.6 Å². The molecule has 2 heterocycles. The fourth-order valence-corrected chi connectivity index (χ4v) is 2.23. The number of alkyl halides is 3. The molecule has 2 aromatic rings. The molecule has 0 saturated heterocycles. The lowest BCUT2D eigenvalue weighted by atomic mass is 10.0. The van der Waals surface area contributed by atoms with Crippen LogP contribution in [0.25, 0.3) is 5.95 Å². The lowest BCUT2D eigenvalue weighted by molar-refractivity contribution is -0.115. The molecule has 120 valence electrons. The molecule has 9 heteroatoms. The van der Waals surface area contributed by atoms with Crippen molar-refractivity contribution in [2.45, 2.75) is 32.4 Å². The molecule has 2 rings (SSSR count). The number of halogens is 4. The first kappa shape index (κ1) is 16.5. The first-order chi connectivity index (χ1) is 10.3. The third kappa shape index (κ3) is 3.88. The molecule has 1 N–H and O–H groups in total. The molecular formula is C13H15ClF3N5. The van der Waals surface area contributed by atoms with Crippen LogP contribution in [-0.4, -0.2) is 32.5 Å². The molecule has 0 radical (unpaired) electrons. The van der Waals surface area contributed by atoms with Gasteiger partial charge in [0, 0.05) is 18.0 Å². The SMILES string of the molecule is CCC(C)c1c(Cl)nc(-n2cccn2)nc1NCC(F)(F)F. The van der Waals surface area contributed by atoms with Gasteiger partial charge in [-0.1, -0.05) is 25.4 Å². The van der Waals surface area contributed by atoms with Crippen molar-refractivity contribution in [3.8, 4) is 5.95 Å². The van der Waals surface area contributed by atoms with Crippen molar-refractivity contribution in [2.75, 3.05) is 11.9 Å². The van der Waals surface area contributed by atoms with Crippen LogP contribution in [0, 0.1) is 0 Å². The average Bonchev–Trinajstić information content (AvgIpc) is 2.97. The van der Waals surface area contributed by atoms with E-state index in [9.17, 15) is 13.2 Å². The van der Waals surface area contributed by atoms with Gasteiger partial charge in [0.1, 0.15) is 17.5 Å². The summed E-state index contributed by atoms with van der Waals surface area (Å²) in [5, 5.41) is 6.39. The van der Waals surface area contributed by atoms with Crippen molar-refractivity contribution < 1.29 is 13.2 Å². The van der Waals surface area contributed by atoms with Crippen LogP contribution >= 0.6 is 11.6 Å². The summed E-state index contributed by atoms with van der Waals surface area (Å²) in [4.78, 5) is 8.27. The van der Waals surface area contributed by atoms with E-state index in [-0.39, 0.29) is 22.8 Å². The van der Waals surface area contributed by atoms with E-state index in [2.05, 4.69) is 20.4 Å². The van der Waals surface area contributed by atoms with Crippen molar-refractivity contribution in [1.82, 2.24) is 19.7 Å². The largest absolute Gasteiger partial charge is 0.405 e. The van der Waals surface area contributed by atoms with Gasteiger partial charge in [0.15, 0.2) is 0 Å². The fourth-order valence-electron chi connectivity index (χ4n) is 1.88. The smallest absolute Gasteiger partial charge is 0.361 e. The van der Waals surface area contributed by atoms with E-state index in [0.717, 1.165) is 0 Å². The summed E-state index contributed by atoms with van der Waals surface area (Å²) in [5.74, 6) is 0.124. The van der Waals surface area contributed by atoms with Gasteiger partial charge in [-0.15, -0.1) is 0 Å². The van der Waals surface area contributed by atoms with E-state index in [1.165, 1.54) is 10.9 Å². The number of rotatable bonds is 5. The van der Waals surface area contributed by atoms with Gasteiger partial charge in [-0.25, -0.2) is 4.68 Å². The summed E-state index contributed by atoms with van der Waals surface area (Å²) < 4.78 is 38.8. The van der Waals surface area contributed by atoms with Gasteiger partial charge >= 0.3 is 6.18 Å². The van der Waals surface area contributed by atoms with E-state index >= 15 is 0 Å². The van der Waals surface area contributed by atoms with Gasteiger partial charge < -0.3 is 5.32 Å². The summed E-state index contributed by atoms with van der Waals surface area (Å²) >= 11 is 6.16. The van der Waals surface area contributed by atoms with Crippen LogP contribution in [0.2, 0.25) is 5.15 Å². The summed E-state index contributed by atoms with van der Waals surface area (Å²) in [5.41, 5.74) is 0.476. The highest BCUT2D eigenvalue weighted by Gasteiger charge is 2.28. The minimum Gasteiger partial charge on any atom is -0.361 e. The Kier molecular flexibility index (Phi) is 4.90. The lowest BCUT2D eigenvalue weighted by Gasteiger charge is -2.18. The maximum Gasteiger partial charge on any atom is 0.405 e. The van der Waals surface area contributed by atoms with Crippen LogP contribution in [-0.2, 0) is 0 Å². The zero-order valence-electron chi connectivity index (χ0n) is 12.0. The molecule has 0 aliphatic rings. The van der Waals surface area contributed by atoms with Crippen LogP contribution in [0.5, 0.6) is 0 Å². The average molecular weight is 334 g/mol. The normalized spacial score (nSPS) is 13.2. The predicted molar refractivity (Wildman–Crippen MR) is 77.4 cm³/mol. The maximum atomic E-state index is 12.5. The Morgan fingerprint density at radius 1 is 1.36 bits per heavy atom. The van der Waals surface area contributed by atoms with Crippen molar-refractivity contribution in [2.24, 2.45) is 0 Å². The van der Waals surface area contributed by atoms with Gasteiger partial charge in [0.05, 0.1) is 0 Å². The molecule has 0 aliphatic carbocycles.